The lowest BCUT2D eigenvalue weighted by Crippen LogP contribution is -2.50. The summed E-state index contributed by atoms with van der Waals surface area (Å²) in [6.07, 6.45) is 1.19. The van der Waals surface area contributed by atoms with Crippen molar-refractivity contribution >= 4 is 26.8 Å². The van der Waals surface area contributed by atoms with Crippen LogP contribution in [0.1, 0.15) is 10.4 Å². The minimum atomic E-state index is -3.27. The fourth-order valence-corrected chi connectivity index (χ4v) is 4.72. The van der Waals surface area contributed by atoms with Crippen LogP contribution in [-0.4, -0.2) is 75.2 Å². The molecule has 0 radical (unpaired) electrons. The molecule has 2 heterocycles. The minimum Gasteiger partial charge on any atom is -0.493 e. The van der Waals surface area contributed by atoms with Crippen LogP contribution in [0, 0.1) is 0 Å². The molecule has 1 aliphatic rings. The van der Waals surface area contributed by atoms with Crippen molar-refractivity contribution in [1.29, 1.82) is 0 Å². The molecule has 0 bridgehead atoms. The van der Waals surface area contributed by atoms with Gasteiger partial charge in [0, 0.05) is 37.1 Å². The van der Waals surface area contributed by atoms with Gasteiger partial charge in [-0.25, -0.2) is 13.4 Å². The third-order valence-corrected chi connectivity index (χ3v) is 6.92. The number of benzene rings is 2. The average molecular weight is 456 g/mol. The summed E-state index contributed by atoms with van der Waals surface area (Å²) in [6, 6.07) is 14.8. The number of carbonyl (C=O) groups is 1. The van der Waals surface area contributed by atoms with E-state index in [0.717, 1.165) is 10.9 Å². The topological polar surface area (TPSA) is 89.0 Å². The van der Waals surface area contributed by atoms with Crippen molar-refractivity contribution in [2.24, 2.45) is 0 Å². The first-order valence-corrected chi connectivity index (χ1v) is 12.0. The molecule has 9 heteroatoms. The van der Waals surface area contributed by atoms with Gasteiger partial charge in [-0.2, -0.15) is 4.31 Å². The molecule has 0 saturated carbocycles. The van der Waals surface area contributed by atoms with Crippen LogP contribution in [0.3, 0.4) is 0 Å². The quantitative estimate of drug-likeness (QED) is 0.588. The van der Waals surface area contributed by atoms with Gasteiger partial charge in [0.05, 0.1) is 37.2 Å². The minimum absolute atomic E-state index is 0.140. The number of pyridine rings is 1. The highest BCUT2D eigenvalue weighted by atomic mass is 32.2. The third-order valence-electron chi connectivity index (χ3n) is 5.62. The molecule has 1 saturated heterocycles. The Morgan fingerprint density at radius 2 is 1.62 bits per heavy atom. The summed E-state index contributed by atoms with van der Waals surface area (Å²) < 4.78 is 35.7. The number of aromatic nitrogens is 1. The molecule has 0 spiro atoms. The van der Waals surface area contributed by atoms with E-state index in [1.165, 1.54) is 10.6 Å². The van der Waals surface area contributed by atoms with E-state index in [0.29, 0.717) is 41.4 Å². The zero-order valence-electron chi connectivity index (χ0n) is 18.2. The molecule has 0 unspecified atom stereocenters. The fourth-order valence-electron chi connectivity index (χ4n) is 3.89. The second-order valence-corrected chi connectivity index (χ2v) is 9.58. The van der Waals surface area contributed by atoms with Crippen LogP contribution in [0.15, 0.2) is 48.5 Å². The van der Waals surface area contributed by atoms with Crippen LogP contribution in [0.25, 0.3) is 22.2 Å². The lowest BCUT2D eigenvalue weighted by atomic mass is 10.0. The highest BCUT2D eigenvalue weighted by Gasteiger charge is 2.28. The molecule has 1 amide bonds. The van der Waals surface area contributed by atoms with E-state index < -0.39 is 10.0 Å². The van der Waals surface area contributed by atoms with Gasteiger partial charge in [0.25, 0.3) is 5.91 Å². The van der Waals surface area contributed by atoms with E-state index >= 15 is 0 Å². The molecule has 2 aromatic carbocycles. The molecule has 1 fully saturated rings. The number of rotatable bonds is 5. The first-order chi connectivity index (χ1) is 15.3. The zero-order valence-corrected chi connectivity index (χ0v) is 19.1. The average Bonchev–Trinajstić information content (AvgIpc) is 2.82. The van der Waals surface area contributed by atoms with Crippen molar-refractivity contribution in [3.05, 3.63) is 54.1 Å². The lowest BCUT2D eigenvalue weighted by molar-refractivity contribution is 0.0700. The molecular formula is C23H25N3O5S. The normalized spacial score (nSPS) is 15.0. The smallest absolute Gasteiger partial charge is 0.254 e. The molecule has 8 nitrogen and oxygen atoms in total. The Labute approximate surface area is 187 Å². The maximum absolute atomic E-state index is 13.5. The van der Waals surface area contributed by atoms with Crippen molar-refractivity contribution < 1.29 is 22.7 Å². The number of fused-ring (bicyclic) bond motifs is 1. The van der Waals surface area contributed by atoms with Gasteiger partial charge in [0.1, 0.15) is 0 Å². The van der Waals surface area contributed by atoms with E-state index in [2.05, 4.69) is 0 Å². The van der Waals surface area contributed by atoms with Crippen molar-refractivity contribution in [3.63, 3.8) is 0 Å². The van der Waals surface area contributed by atoms with Crippen LogP contribution >= 0.6 is 0 Å². The molecule has 1 aromatic heterocycles. The molecular weight excluding hydrogens is 430 g/mol. The van der Waals surface area contributed by atoms with Gasteiger partial charge < -0.3 is 14.4 Å². The summed E-state index contributed by atoms with van der Waals surface area (Å²) in [7, 11) is -0.121. The Bertz CT molecular complexity index is 1270. The number of sulfonamides is 1. The second-order valence-electron chi connectivity index (χ2n) is 7.60. The lowest BCUT2D eigenvalue weighted by Gasteiger charge is -2.33. The number of nitrogens with zero attached hydrogens (tertiary/aromatic N) is 3. The fraction of sp³-hybridized carbons (Fsp3) is 0.304. The van der Waals surface area contributed by atoms with Gasteiger partial charge in [-0.1, -0.05) is 18.2 Å². The van der Waals surface area contributed by atoms with Crippen LogP contribution in [0.4, 0.5) is 0 Å². The SMILES string of the molecule is COc1ccc(-c2cc(C(=O)N3CCN(S(C)(=O)=O)CC3)c3ccccc3n2)cc1OC. The van der Waals surface area contributed by atoms with Gasteiger partial charge in [0.15, 0.2) is 11.5 Å². The summed E-state index contributed by atoms with van der Waals surface area (Å²) in [5.74, 6) is 1.04. The number of carbonyl (C=O) groups excluding carboxylic acids is 1. The highest BCUT2D eigenvalue weighted by molar-refractivity contribution is 7.88. The van der Waals surface area contributed by atoms with Gasteiger partial charge in [0.2, 0.25) is 10.0 Å². The summed E-state index contributed by atoms with van der Waals surface area (Å²) in [5, 5.41) is 0.757. The Balaban J connectivity index is 1.73. The Hall–Kier alpha value is -3.17. The summed E-state index contributed by atoms with van der Waals surface area (Å²) >= 11 is 0. The molecule has 168 valence electrons. The second kappa shape index (κ2) is 8.76. The molecule has 1 aliphatic heterocycles. The standard InChI is InChI=1S/C23H25N3O5S/c1-30-21-9-8-16(14-22(21)31-2)20-15-18(17-6-4-5-7-19(17)24-20)23(27)25-10-12-26(13-11-25)32(3,28)29/h4-9,14-15H,10-13H2,1-3H3. The van der Waals surface area contributed by atoms with Crippen molar-refractivity contribution in [2.75, 3.05) is 46.7 Å². The summed E-state index contributed by atoms with van der Waals surface area (Å²) in [4.78, 5) is 19.9. The third kappa shape index (κ3) is 4.26. The Morgan fingerprint density at radius 3 is 2.28 bits per heavy atom. The van der Waals surface area contributed by atoms with E-state index in [4.69, 9.17) is 14.5 Å². The number of hydrogen-bond acceptors (Lipinski definition) is 6. The van der Waals surface area contributed by atoms with Crippen molar-refractivity contribution in [2.45, 2.75) is 0 Å². The Kier molecular flexibility index (Phi) is 6.03. The van der Waals surface area contributed by atoms with Crippen molar-refractivity contribution in [3.8, 4) is 22.8 Å². The largest absolute Gasteiger partial charge is 0.493 e. The zero-order chi connectivity index (χ0) is 22.9. The predicted octanol–water partition coefficient (Wildman–Crippen LogP) is 2.64. The summed E-state index contributed by atoms with van der Waals surface area (Å²) in [5.41, 5.74) is 2.68. The number of amides is 1. The van der Waals surface area contributed by atoms with Crippen molar-refractivity contribution in [1.82, 2.24) is 14.2 Å². The monoisotopic (exact) mass is 455 g/mol. The number of para-hydroxylation sites is 1. The van der Waals surface area contributed by atoms with E-state index in [9.17, 15) is 13.2 Å². The van der Waals surface area contributed by atoms with Crippen LogP contribution in [-0.2, 0) is 10.0 Å². The predicted molar refractivity (Wildman–Crippen MR) is 123 cm³/mol. The van der Waals surface area contributed by atoms with Crippen LogP contribution in [0.2, 0.25) is 0 Å². The molecule has 4 rings (SSSR count). The maximum Gasteiger partial charge on any atom is 0.254 e. The maximum atomic E-state index is 13.5. The number of methoxy groups -OCH3 is 2. The van der Waals surface area contributed by atoms with Crippen LogP contribution < -0.4 is 9.47 Å². The molecule has 0 atom stereocenters. The van der Waals surface area contributed by atoms with Gasteiger partial charge in [-0.3, -0.25) is 4.79 Å². The molecule has 0 N–H and O–H groups in total. The highest BCUT2D eigenvalue weighted by Crippen LogP contribution is 2.33. The van der Waals surface area contributed by atoms with E-state index in [1.807, 2.05) is 36.4 Å². The molecule has 32 heavy (non-hydrogen) atoms. The van der Waals surface area contributed by atoms with E-state index in [1.54, 1.807) is 31.3 Å². The number of ether oxygens (including phenoxy) is 2. The number of hydrogen-bond donors (Lipinski definition) is 0. The molecule has 3 aromatic rings. The van der Waals surface area contributed by atoms with Gasteiger partial charge in [-0.05, 0) is 30.3 Å². The van der Waals surface area contributed by atoms with Gasteiger partial charge >= 0.3 is 0 Å². The van der Waals surface area contributed by atoms with Crippen LogP contribution in [0.5, 0.6) is 11.5 Å². The van der Waals surface area contributed by atoms with E-state index in [-0.39, 0.29) is 19.0 Å². The Morgan fingerprint density at radius 1 is 0.938 bits per heavy atom. The van der Waals surface area contributed by atoms with Gasteiger partial charge in [-0.15, -0.1) is 0 Å². The summed E-state index contributed by atoms with van der Waals surface area (Å²) in [6.45, 7) is 1.26. The molecule has 0 aliphatic carbocycles. The first-order valence-electron chi connectivity index (χ1n) is 10.2. The first kappa shape index (κ1) is 22.0. The number of piperazine rings is 1.